The molecule has 2 aromatic rings. The highest BCUT2D eigenvalue weighted by molar-refractivity contribution is 6.00. The summed E-state index contributed by atoms with van der Waals surface area (Å²) in [6.07, 6.45) is 0. The number of ether oxygens (including phenoxy) is 1. The van der Waals surface area contributed by atoms with Gasteiger partial charge in [-0.25, -0.2) is 9.18 Å². The number of esters is 1. The van der Waals surface area contributed by atoms with Gasteiger partial charge < -0.3 is 20.3 Å². The van der Waals surface area contributed by atoms with Gasteiger partial charge in [0.15, 0.2) is 6.61 Å². The fraction of sp³-hybridized carbons (Fsp3) is 0.118. The van der Waals surface area contributed by atoms with Crippen molar-refractivity contribution in [1.29, 1.82) is 0 Å². The van der Waals surface area contributed by atoms with Crippen LogP contribution in [0.4, 0.5) is 10.1 Å². The first-order chi connectivity index (χ1) is 11.8. The third kappa shape index (κ3) is 4.54. The second kappa shape index (κ2) is 7.43. The molecule has 0 aromatic heterocycles. The summed E-state index contributed by atoms with van der Waals surface area (Å²) in [6, 6.07) is 6.71. The summed E-state index contributed by atoms with van der Waals surface area (Å²) < 4.78 is 18.7. The summed E-state index contributed by atoms with van der Waals surface area (Å²) in [5.41, 5.74) is -0.364. The highest BCUT2D eigenvalue weighted by atomic mass is 19.1. The molecule has 8 heteroatoms. The van der Waals surface area contributed by atoms with Gasteiger partial charge in [-0.1, -0.05) is 0 Å². The van der Waals surface area contributed by atoms with Crippen LogP contribution in [0.5, 0.6) is 11.5 Å². The van der Waals surface area contributed by atoms with Gasteiger partial charge in [-0.15, -0.1) is 0 Å². The van der Waals surface area contributed by atoms with Crippen molar-refractivity contribution >= 4 is 23.3 Å². The van der Waals surface area contributed by atoms with E-state index in [2.05, 4.69) is 5.32 Å². The third-order valence-corrected chi connectivity index (χ3v) is 3.13. The number of ketones is 1. The number of carbonyl (C=O) groups is 3. The highest BCUT2D eigenvalue weighted by Gasteiger charge is 2.18. The van der Waals surface area contributed by atoms with Gasteiger partial charge in [-0.3, -0.25) is 9.59 Å². The topological polar surface area (TPSA) is 113 Å². The van der Waals surface area contributed by atoms with E-state index < -0.39 is 29.9 Å². The molecule has 2 aromatic carbocycles. The molecule has 0 aliphatic rings. The number of aromatic hydroxyl groups is 2. The van der Waals surface area contributed by atoms with Crippen LogP contribution in [0.25, 0.3) is 0 Å². The summed E-state index contributed by atoms with van der Waals surface area (Å²) in [6.45, 7) is 0.519. The largest absolute Gasteiger partial charge is 0.508 e. The average Bonchev–Trinajstić information content (AvgIpc) is 2.51. The number of Topliss-reactive ketones (excluding diaryl/α,β-unsaturated/α-hetero) is 1. The minimum Gasteiger partial charge on any atom is -0.508 e. The predicted octanol–water partition coefficient (Wildman–Crippen LogP) is 2.23. The molecule has 0 spiro atoms. The Morgan fingerprint density at radius 3 is 2.36 bits per heavy atom. The molecule has 2 rings (SSSR count). The second-order valence-corrected chi connectivity index (χ2v) is 5.08. The molecular weight excluding hydrogens is 333 g/mol. The molecular formula is C17H14FNO6. The average molecular weight is 347 g/mol. The van der Waals surface area contributed by atoms with Crippen LogP contribution in [-0.4, -0.2) is 34.5 Å². The summed E-state index contributed by atoms with van der Waals surface area (Å²) >= 11 is 0. The molecule has 0 unspecified atom stereocenters. The van der Waals surface area contributed by atoms with Gasteiger partial charge in [0, 0.05) is 18.7 Å². The number of halogens is 1. The zero-order valence-corrected chi connectivity index (χ0v) is 13.1. The van der Waals surface area contributed by atoms with Gasteiger partial charge in [0.25, 0.3) is 0 Å². The smallest absolute Gasteiger partial charge is 0.342 e. The lowest BCUT2D eigenvalue weighted by molar-refractivity contribution is -0.114. The zero-order chi connectivity index (χ0) is 18.6. The van der Waals surface area contributed by atoms with E-state index in [1.807, 2.05) is 0 Å². The number of rotatable bonds is 5. The van der Waals surface area contributed by atoms with E-state index in [0.717, 1.165) is 24.3 Å². The maximum absolute atomic E-state index is 13.9. The number of phenolic OH excluding ortho intramolecular Hbond substituents is 2. The number of amides is 1. The van der Waals surface area contributed by atoms with Crippen LogP contribution in [0.2, 0.25) is 0 Å². The minimum atomic E-state index is -0.999. The van der Waals surface area contributed by atoms with E-state index in [0.29, 0.717) is 0 Å². The maximum atomic E-state index is 13.9. The number of carbonyl (C=O) groups excluding carboxylic acids is 3. The van der Waals surface area contributed by atoms with Crippen molar-refractivity contribution in [2.24, 2.45) is 0 Å². The molecule has 0 aliphatic heterocycles. The first-order valence-electron chi connectivity index (χ1n) is 7.07. The first kappa shape index (κ1) is 17.9. The number of nitrogens with one attached hydrogen (secondary N) is 1. The van der Waals surface area contributed by atoms with Crippen LogP contribution in [0.15, 0.2) is 36.4 Å². The van der Waals surface area contributed by atoms with Gasteiger partial charge in [0.2, 0.25) is 11.7 Å². The van der Waals surface area contributed by atoms with E-state index in [-0.39, 0.29) is 28.5 Å². The van der Waals surface area contributed by atoms with Gasteiger partial charge in [-0.05, 0) is 30.3 Å². The van der Waals surface area contributed by atoms with Crippen LogP contribution in [-0.2, 0) is 9.53 Å². The van der Waals surface area contributed by atoms with Crippen molar-refractivity contribution in [3.8, 4) is 11.5 Å². The van der Waals surface area contributed by atoms with Crippen LogP contribution >= 0.6 is 0 Å². The van der Waals surface area contributed by atoms with Crippen LogP contribution < -0.4 is 5.32 Å². The fourth-order valence-electron chi connectivity index (χ4n) is 2.00. The highest BCUT2D eigenvalue weighted by Crippen LogP contribution is 2.23. The summed E-state index contributed by atoms with van der Waals surface area (Å²) in [5, 5.41) is 21.1. The summed E-state index contributed by atoms with van der Waals surface area (Å²) in [5.74, 6) is -3.81. The lowest BCUT2D eigenvalue weighted by Crippen LogP contribution is -2.16. The molecule has 130 valence electrons. The zero-order valence-electron chi connectivity index (χ0n) is 13.1. The number of benzene rings is 2. The van der Waals surface area contributed by atoms with Gasteiger partial charge in [0.05, 0.1) is 5.56 Å². The SMILES string of the molecule is CC(=O)Nc1ccc(C(=O)COC(=O)c2ccc(O)cc2O)c(F)c1. The molecule has 0 heterocycles. The Bertz CT molecular complexity index is 849. The first-order valence-corrected chi connectivity index (χ1v) is 7.07. The van der Waals surface area contributed by atoms with Crippen molar-refractivity contribution in [2.75, 3.05) is 11.9 Å². The Kier molecular flexibility index (Phi) is 5.33. The summed E-state index contributed by atoms with van der Waals surface area (Å²) in [4.78, 5) is 34.7. The molecule has 0 bridgehead atoms. The third-order valence-electron chi connectivity index (χ3n) is 3.13. The molecule has 1 amide bonds. The van der Waals surface area contributed by atoms with Crippen LogP contribution in [0.3, 0.4) is 0 Å². The molecule has 0 atom stereocenters. The van der Waals surface area contributed by atoms with E-state index in [1.165, 1.54) is 19.1 Å². The van der Waals surface area contributed by atoms with E-state index in [4.69, 9.17) is 9.84 Å². The number of phenols is 2. The lowest BCUT2D eigenvalue weighted by atomic mass is 10.1. The molecule has 0 saturated carbocycles. The quantitative estimate of drug-likeness (QED) is 0.565. The maximum Gasteiger partial charge on any atom is 0.342 e. The Morgan fingerprint density at radius 1 is 1.08 bits per heavy atom. The van der Waals surface area contributed by atoms with Crippen molar-refractivity contribution in [2.45, 2.75) is 6.92 Å². The van der Waals surface area contributed by atoms with Crippen LogP contribution in [0, 0.1) is 5.82 Å². The molecule has 7 nitrogen and oxygen atoms in total. The van der Waals surface area contributed by atoms with Crippen LogP contribution in [0.1, 0.15) is 27.6 Å². The summed E-state index contributed by atoms with van der Waals surface area (Å²) in [7, 11) is 0. The molecule has 0 saturated heterocycles. The molecule has 3 N–H and O–H groups in total. The Balaban J connectivity index is 2.04. The van der Waals surface area contributed by atoms with Gasteiger partial charge in [-0.2, -0.15) is 0 Å². The van der Waals surface area contributed by atoms with E-state index in [9.17, 15) is 23.9 Å². The van der Waals surface area contributed by atoms with Crippen molar-refractivity contribution in [3.05, 3.63) is 53.3 Å². The van der Waals surface area contributed by atoms with Gasteiger partial charge >= 0.3 is 5.97 Å². The molecule has 25 heavy (non-hydrogen) atoms. The molecule has 0 fully saturated rings. The fourth-order valence-corrected chi connectivity index (χ4v) is 2.00. The predicted molar refractivity (Wildman–Crippen MR) is 85.1 cm³/mol. The van der Waals surface area contributed by atoms with Crippen molar-refractivity contribution in [1.82, 2.24) is 0 Å². The minimum absolute atomic E-state index is 0.188. The Morgan fingerprint density at radius 2 is 1.76 bits per heavy atom. The Hall–Kier alpha value is -3.42. The number of anilines is 1. The standard InChI is InChI=1S/C17H14FNO6/c1-9(20)19-10-2-4-12(14(18)6-10)16(23)8-25-17(24)13-5-3-11(21)7-15(13)22/h2-7,21-22H,8H2,1H3,(H,19,20). The van der Waals surface area contributed by atoms with E-state index in [1.54, 1.807) is 0 Å². The molecule has 0 radical (unpaired) electrons. The van der Waals surface area contributed by atoms with Gasteiger partial charge in [0.1, 0.15) is 22.9 Å². The number of hydrogen-bond acceptors (Lipinski definition) is 6. The monoisotopic (exact) mass is 347 g/mol. The van der Waals surface area contributed by atoms with E-state index >= 15 is 0 Å². The molecule has 0 aliphatic carbocycles. The van der Waals surface area contributed by atoms with Crippen molar-refractivity contribution < 1.29 is 33.7 Å². The Labute approximate surface area is 141 Å². The number of hydrogen-bond donors (Lipinski definition) is 3. The normalized spacial score (nSPS) is 10.2. The lowest BCUT2D eigenvalue weighted by Gasteiger charge is -2.08. The second-order valence-electron chi connectivity index (χ2n) is 5.08. The van der Waals surface area contributed by atoms with Crippen molar-refractivity contribution in [3.63, 3.8) is 0 Å².